The number of aromatic carboxylic acids is 1. The summed E-state index contributed by atoms with van der Waals surface area (Å²) in [5.41, 5.74) is 0.704. The van der Waals surface area contributed by atoms with Crippen molar-refractivity contribution in [3.05, 3.63) is 71.3 Å². The Labute approximate surface area is 139 Å². The Hall–Kier alpha value is -2.60. The third-order valence-electron chi connectivity index (χ3n) is 4.14. The maximum absolute atomic E-state index is 14.2. The Balaban J connectivity index is 2.18. The van der Waals surface area contributed by atoms with Gasteiger partial charge in [0.05, 0.1) is 0 Å². The lowest BCUT2D eigenvalue weighted by Crippen LogP contribution is -2.40. The highest BCUT2D eigenvalue weighted by atomic mass is 32.3. The number of carboxylic acid groups (broad SMARTS) is 1. The molecule has 0 radical (unpaired) electrons. The normalized spacial score (nSPS) is 20.0. The van der Waals surface area contributed by atoms with Crippen LogP contribution in [-0.2, 0) is 19.6 Å². The molecule has 0 amide bonds. The summed E-state index contributed by atoms with van der Waals surface area (Å²) in [6.45, 7) is 0. The predicted octanol–water partition coefficient (Wildman–Crippen LogP) is 2.65. The average molecular weight is 343 g/mol. The van der Waals surface area contributed by atoms with Gasteiger partial charge < -0.3 is 5.11 Å². The molecule has 0 spiro atoms. The number of hydrogen-bond donors (Lipinski definition) is 1. The molecule has 0 bridgehead atoms. The standard InChI is InChI=1S/C18H17NO4S/c20-15-9-11-24(23,12-10-15,13-14-5-2-1-3-6-14)17-8-4-7-16(19-17)18(21)22/h1-9,11H,10,12-13H2,(H,21,22). The van der Waals surface area contributed by atoms with Crippen molar-refractivity contribution in [2.24, 2.45) is 0 Å². The molecule has 6 heteroatoms. The number of rotatable bonds is 4. The largest absolute Gasteiger partial charge is 0.477 e. The van der Waals surface area contributed by atoms with Crippen LogP contribution < -0.4 is 0 Å². The third kappa shape index (κ3) is 2.92. The van der Waals surface area contributed by atoms with E-state index in [1.807, 2.05) is 30.3 Å². The van der Waals surface area contributed by atoms with Crippen molar-refractivity contribution in [2.75, 3.05) is 5.75 Å². The molecule has 1 N–H and O–H groups in total. The first kappa shape index (κ1) is 16.3. The summed E-state index contributed by atoms with van der Waals surface area (Å²) in [5.74, 6) is -0.896. The van der Waals surface area contributed by atoms with Gasteiger partial charge in [-0.1, -0.05) is 36.4 Å². The van der Waals surface area contributed by atoms with Gasteiger partial charge in [-0.05, 0) is 38.2 Å². The van der Waals surface area contributed by atoms with E-state index in [1.165, 1.54) is 17.6 Å². The smallest absolute Gasteiger partial charge is 0.354 e. The highest BCUT2D eigenvalue weighted by Crippen LogP contribution is 2.42. The van der Waals surface area contributed by atoms with E-state index < -0.39 is 15.0 Å². The summed E-state index contributed by atoms with van der Waals surface area (Å²) in [7, 11) is -3.64. The molecule has 3 rings (SSSR count). The van der Waals surface area contributed by atoms with E-state index in [9.17, 15) is 18.9 Å². The first-order chi connectivity index (χ1) is 11.4. The number of allylic oxidation sites excluding steroid dienone is 1. The number of carboxylic acids is 1. The molecular formula is C18H17NO4S. The van der Waals surface area contributed by atoms with Crippen molar-refractivity contribution < 1.29 is 18.9 Å². The molecule has 0 saturated carbocycles. The summed E-state index contributed by atoms with van der Waals surface area (Å²) in [6.07, 6.45) is 1.50. The minimum atomic E-state index is -3.64. The van der Waals surface area contributed by atoms with Crippen LogP contribution in [0.15, 0.2) is 65.0 Å². The maximum Gasteiger partial charge on any atom is 0.354 e. The van der Waals surface area contributed by atoms with Crippen LogP contribution >= 0.6 is 0 Å². The Morgan fingerprint density at radius 1 is 1.12 bits per heavy atom. The number of carbonyl (C=O) groups is 2. The summed E-state index contributed by atoms with van der Waals surface area (Å²) in [6, 6.07) is 13.8. The number of hydrogen-bond acceptors (Lipinski definition) is 4. The predicted molar refractivity (Wildman–Crippen MR) is 91.4 cm³/mol. The van der Waals surface area contributed by atoms with Gasteiger partial charge in [0.1, 0.15) is 10.7 Å². The summed E-state index contributed by atoms with van der Waals surface area (Å²) in [4.78, 5) is 27.0. The maximum atomic E-state index is 14.2. The van der Waals surface area contributed by atoms with Gasteiger partial charge in [-0.3, -0.25) is 9.00 Å². The lowest BCUT2D eigenvalue weighted by atomic mass is 10.2. The van der Waals surface area contributed by atoms with E-state index in [1.54, 1.807) is 12.1 Å². The van der Waals surface area contributed by atoms with Gasteiger partial charge in [0.15, 0.2) is 5.78 Å². The summed E-state index contributed by atoms with van der Waals surface area (Å²) >= 11 is 0. The highest BCUT2D eigenvalue weighted by molar-refractivity contribution is 8.21. The zero-order valence-electron chi connectivity index (χ0n) is 12.9. The van der Waals surface area contributed by atoms with Gasteiger partial charge in [-0.15, -0.1) is 0 Å². The van der Waals surface area contributed by atoms with Crippen LogP contribution in [-0.4, -0.2) is 31.8 Å². The minimum absolute atomic E-state index is 0.0810. The van der Waals surface area contributed by atoms with Crippen molar-refractivity contribution in [2.45, 2.75) is 17.2 Å². The quantitative estimate of drug-likeness (QED) is 0.922. The van der Waals surface area contributed by atoms with E-state index >= 15 is 0 Å². The van der Waals surface area contributed by atoms with E-state index in [0.717, 1.165) is 5.56 Å². The second-order valence-electron chi connectivity index (χ2n) is 5.88. The lowest BCUT2D eigenvalue weighted by Gasteiger charge is -2.40. The van der Waals surface area contributed by atoms with Gasteiger partial charge in [-0.25, -0.2) is 9.78 Å². The fourth-order valence-corrected chi connectivity index (χ4v) is 6.46. The molecule has 2 aromatic rings. The SMILES string of the molecule is O=C1C=CS(=O)(Cc2ccccc2)(c2cccc(C(=O)O)n2)CC1. The van der Waals surface area contributed by atoms with E-state index in [2.05, 4.69) is 4.98 Å². The molecule has 1 aromatic heterocycles. The lowest BCUT2D eigenvalue weighted by molar-refractivity contribution is -0.114. The first-order valence-corrected chi connectivity index (χ1v) is 9.86. The monoisotopic (exact) mass is 343 g/mol. The molecule has 124 valence electrons. The Morgan fingerprint density at radius 2 is 1.88 bits per heavy atom. The zero-order valence-corrected chi connectivity index (χ0v) is 13.7. The summed E-state index contributed by atoms with van der Waals surface area (Å²) < 4.78 is 14.2. The van der Waals surface area contributed by atoms with E-state index in [0.29, 0.717) is 0 Å². The molecule has 1 aliphatic heterocycles. The molecular weight excluding hydrogens is 326 g/mol. The van der Waals surface area contributed by atoms with Crippen LogP contribution in [0.25, 0.3) is 0 Å². The van der Waals surface area contributed by atoms with Crippen LogP contribution in [0, 0.1) is 0 Å². The van der Waals surface area contributed by atoms with Crippen molar-refractivity contribution in [3.8, 4) is 0 Å². The van der Waals surface area contributed by atoms with Crippen molar-refractivity contribution in [1.82, 2.24) is 4.98 Å². The van der Waals surface area contributed by atoms with Gasteiger partial charge in [0, 0.05) is 17.9 Å². The highest BCUT2D eigenvalue weighted by Gasteiger charge is 2.41. The zero-order chi connectivity index (χ0) is 17.2. The number of ketones is 1. The van der Waals surface area contributed by atoms with Crippen molar-refractivity contribution in [3.63, 3.8) is 0 Å². The van der Waals surface area contributed by atoms with Gasteiger partial charge in [-0.2, -0.15) is 0 Å². The molecule has 1 aliphatic rings. The number of carbonyl (C=O) groups excluding carboxylic acids is 1. The molecule has 24 heavy (non-hydrogen) atoms. The van der Waals surface area contributed by atoms with Crippen LogP contribution in [0.4, 0.5) is 0 Å². The molecule has 0 fully saturated rings. The molecule has 0 unspecified atom stereocenters. The second-order valence-corrected chi connectivity index (χ2v) is 9.98. The Kier molecular flexibility index (Phi) is 3.93. The van der Waals surface area contributed by atoms with Crippen LogP contribution in [0.3, 0.4) is 0 Å². The second kappa shape index (κ2) is 5.79. The molecule has 5 nitrogen and oxygen atoms in total. The molecule has 1 aromatic carbocycles. The topological polar surface area (TPSA) is 84.3 Å². The van der Waals surface area contributed by atoms with Gasteiger partial charge in [0.25, 0.3) is 0 Å². The Morgan fingerprint density at radius 3 is 2.50 bits per heavy atom. The van der Waals surface area contributed by atoms with E-state index in [-0.39, 0.29) is 34.4 Å². The third-order valence-corrected chi connectivity index (χ3v) is 8.20. The van der Waals surface area contributed by atoms with Gasteiger partial charge in [0.2, 0.25) is 0 Å². The fraction of sp³-hybridized carbons (Fsp3) is 0.167. The number of benzene rings is 1. The molecule has 0 atom stereocenters. The number of aromatic nitrogens is 1. The minimum Gasteiger partial charge on any atom is -0.477 e. The van der Waals surface area contributed by atoms with Crippen LogP contribution in [0.5, 0.6) is 0 Å². The molecule has 2 heterocycles. The first-order valence-electron chi connectivity index (χ1n) is 7.50. The van der Waals surface area contributed by atoms with Gasteiger partial charge >= 0.3 is 5.97 Å². The van der Waals surface area contributed by atoms with Crippen molar-refractivity contribution >= 4 is 20.8 Å². The molecule has 0 saturated heterocycles. The summed E-state index contributed by atoms with van der Waals surface area (Å²) in [5, 5.41) is 10.9. The Bertz CT molecular complexity index is 904. The van der Waals surface area contributed by atoms with Crippen molar-refractivity contribution in [1.29, 1.82) is 0 Å². The van der Waals surface area contributed by atoms with Crippen LogP contribution in [0.1, 0.15) is 22.5 Å². The van der Waals surface area contributed by atoms with E-state index in [4.69, 9.17) is 0 Å². The number of pyridine rings is 1. The average Bonchev–Trinajstić information content (AvgIpc) is 2.59. The number of nitrogens with zero attached hydrogens (tertiary/aromatic N) is 1. The fourth-order valence-electron chi connectivity index (χ4n) is 2.82. The van der Waals surface area contributed by atoms with Crippen LogP contribution in [0.2, 0.25) is 0 Å². The molecule has 0 aliphatic carbocycles.